The highest BCUT2D eigenvalue weighted by molar-refractivity contribution is 5.38. The molecule has 0 spiro atoms. The molecule has 4 nitrogen and oxygen atoms in total. The summed E-state index contributed by atoms with van der Waals surface area (Å²) in [5, 5.41) is 17.2. The minimum atomic E-state index is -0.638. The average Bonchev–Trinajstić information content (AvgIpc) is 2.78. The highest BCUT2D eigenvalue weighted by atomic mass is 19.1. The van der Waals surface area contributed by atoms with Gasteiger partial charge in [-0.2, -0.15) is 5.10 Å². The number of hydrogen-bond donors (Lipinski definition) is 2. The lowest BCUT2D eigenvalue weighted by atomic mass is 10.1. The molecule has 0 aliphatic heterocycles. The van der Waals surface area contributed by atoms with Gasteiger partial charge in [-0.15, -0.1) is 0 Å². The van der Waals surface area contributed by atoms with Gasteiger partial charge < -0.3 is 10.4 Å². The standard InChI is InChI=1S/C17H23F2N3O/c1-4-14(23)7-8-20-10-15-11(2)21-22(12(15)3)17-6-5-13(18)9-16(17)19/h5-6,9,14,20,23H,4,7-8,10H2,1-3H3. The van der Waals surface area contributed by atoms with Crippen molar-refractivity contribution < 1.29 is 13.9 Å². The first kappa shape index (κ1) is 17.6. The summed E-state index contributed by atoms with van der Waals surface area (Å²) in [6.07, 6.45) is 1.14. The Morgan fingerprint density at radius 2 is 2.04 bits per heavy atom. The van der Waals surface area contributed by atoms with Crippen molar-refractivity contribution in [2.45, 2.75) is 46.3 Å². The molecule has 2 aromatic rings. The summed E-state index contributed by atoms with van der Waals surface area (Å²) in [7, 11) is 0. The molecule has 6 heteroatoms. The molecule has 1 unspecified atom stereocenters. The zero-order valence-corrected chi connectivity index (χ0v) is 13.7. The first-order chi connectivity index (χ1) is 10.9. The summed E-state index contributed by atoms with van der Waals surface area (Å²) in [6, 6.07) is 3.47. The average molecular weight is 323 g/mol. The Morgan fingerprint density at radius 1 is 1.30 bits per heavy atom. The largest absolute Gasteiger partial charge is 0.393 e. The highest BCUT2D eigenvalue weighted by Gasteiger charge is 2.15. The maximum atomic E-state index is 13.9. The maximum absolute atomic E-state index is 13.9. The molecule has 1 aromatic carbocycles. The third-order valence-electron chi connectivity index (χ3n) is 4.01. The van der Waals surface area contributed by atoms with E-state index < -0.39 is 11.6 Å². The van der Waals surface area contributed by atoms with Gasteiger partial charge in [-0.1, -0.05) is 6.92 Å². The molecule has 0 saturated heterocycles. The molecule has 0 fully saturated rings. The van der Waals surface area contributed by atoms with Crippen molar-refractivity contribution in [1.29, 1.82) is 0 Å². The van der Waals surface area contributed by atoms with Gasteiger partial charge in [0.05, 0.1) is 11.8 Å². The number of aromatic nitrogens is 2. The minimum Gasteiger partial charge on any atom is -0.393 e. The molecule has 2 rings (SSSR count). The zero-order chi connectivity index (χ0) is 17.0. The number of nitrogens with one attached hydrogen (secondary N) is 1. The van der Waals surface area contributed by atoms with Gasteiger partial charge in [0.1, 0.15) is 11.5 Å². The minimum absolute atomic E-state index is 0.236. The number of aliphatic hydroxyl groups is 1. The van der Waals surface area contributed by atoms with Crippen LogP contribution in [0.3, 0.4) is 0 Å². The van der Waals surface area contributed by atoms with Crippen LogP contribution in [-0.4, -0.2) is 27.5 Å². The van der Waals surface area contributed by atoms with Crippen LogP contribution in [0, 0.1) is 25.5 Å². The van der Waals surface area contributed by atoms with Crippen LogP contribution in [0.1, 0.15) is 36.7 Å². The fourth-order valence-electron chi connectivity index (χ4n) is 2.50. The summed E-state index contributed by atoms with van der Waals surface area (Å²) >= 11 is 0. The molecule has 23 heavy (non-hydrogen) atoms. The van der Waals surface area contributed by atoms with Crippen molar-refractivity contribution in [3.63, 3.8) is 0 Å². The highest BCUT2D eigenvalue weighted by Crippen LogP contribution is 2.20. The first-order valence-electron chi connectivity index (χ1n) is 7.83. The Balaban J connectivity index is 2.13. The van der Waals surface area contributed by atoms with E-state index >= 15 is 0 Å². The smallest absolute Gasteiger partial charge is 0.151 e. The van der Waals surface area contributed by atoms with Crippen molar-refractivity contribution in [3.05, 3.63) is 46.8 Å². The maximum Gasteiger partial charge on any atom is 0.151 e. The summed E-state index contributed by atoms with van der Waals surface area (Å²) in [5.41, 5.74) is 2.84. The van der Waals surface area contributed by atoms with Crippen molar-refractivity contribution in [3.8, 4) is 5.69 Å². The topological polar surface area (TPSA) is 50.1 Å². The molecule has 1 heterocycles. The Kier molecular flexibility index (Phi) is 5.85. The number of aryl methyl sites for hydroxylation is 1. The Labute approximate surface area is 135 Å². The van der Waals surface area contributed by atoms with Crippen molar-refractivity contribution in [2.75, 3.05) is 6.54 Å². The van der Waals surface area contributed by atoms with Crippen LogP contribution < -0.4 is 5.32 Å². The van der Waals surface area contributed by atoms with E-state index in [-0.39, 0.29) is 11.8 Å². The second kappa shape index (κ2) is 7.66. The second-order valence-corrected chi connectivity index (χ2v) is 5.68. The SMILES string of the molecule is CCC(O)CCNCc1c(C)nn(-c2ccc(F)cc2F)c1C. The molecule has 0 aliphatic rings. The molecule has 0 aliphatic carbocycles. The summed E-state index contributed by atoms with van der Waals surface area (Å²) in [4.78, 5) is 0. The van der Waals surface area contributed by atoms with Crippen molar-refractivity contribution in [1.82, 2.24) is 15.1 Å². The molecular formula is C17H23F2N3O. The summed E-state index contributed by atoms with van der Waals surface area (Å²) < 4.78 is 28.5. The fraction of sp³-hybridized carbons (Fsp3) is 0.471. The molecule has 126 valence electrons. The van der Waals surface area contributed by atoms with Crippen molar-refractivity contribution in [2.24, 2.45) is 0 Å². The normalized spacial score (nSPS) is 12.6. The molecule has 1 aromatic heterocycles. The van der Waals surface area contributed by atoms with Crippen LogP contribution in [-0.2, 0) is 6.54 Å². The van der Waals surface area contributed by atoms with Gasteiger partial charge in [-0.05, 0) is 45.4 Å². The second-order valence-electron chi connectivity index (χ2n) is 5.68. The number of nitrogens with zero attached hydrogens (tertiary/aromatic N) is 2. The van der Waals surface area contributed by atoms with Crippen LogP contribution in [0.5, 0.6) is 0 Å². The van der Waals surface area contributed by atoms with E-state index in [4.69, 9.17) is 0 Å². The van der Waals surface area contributed by atoms with E-state index in [9.17, 15) is 13.9 Å². The third-order valence-corrected chi connectivity index (χ3v) is 4.01. The Bertz CT molecular complexity index is 670. The monoisotopic (exact) mass is 323 g/mol. The predicted octanol–water partition coefficient (Wildman–Crippen LogP) is 3.02. The molecule has 2 N–H and O–H groups in total. The van der Waals surface area contributed by atoms with E-state index in [0.717, 1.165) is 29.4 Å². The van der Waals surface area contributed by atoms with Gasteiger partial charge >= 0.3 is 0 Å². The van der Waals surface area contributed by atoms with E-state index in [1.54, 1.807) is 0 Å². The molecule has 0 saturated carbocycles. The number of halogens is 2. The Hall–Kier alpha value is -1.79. The number of aliphatic hydroxyl groups excluding tert-OH is 1. The van der Waals surface area contributed by atoms with Crippen LogP contribution in [0.2, 0.25) is 0 Å². The molecule has 0 amide bonds. The Morgan fingerprint density at radius 3 is 2.70 bits per heavy atom. The number of hydrogen-bond acceptors (Lipinski definition) is 3. The van der Waals surface area contributed by atoms with Gasteiger partial charge in [0.2, 0.25) is 0 Å². The van der Waals surface area contributed by atoms with Crippen LogP contribution in [0.4, 0.5) is 8.78 Å². The molecule has 1 atom stereocenters. The van der Waals surface area contributed by atoms with Crippen LogP contribution in [0.25, 0.3) is 5.69 Å². The molecule has 0 bridgehead atoms. The van der Waals surface area contributed by atoms with E-state index in [0.29, 0.717) is 19.5 Å². The van der Waals surface area contributed by atoms with Crippen molar-refractivity contribution >= 4 is 0 Å². The van der Waals surface area contributed by atoms with E-state index in [1.165, 1.54) is 16.8 Å². The first-order valence-corrected chi connectivity index (χ1v) is 7.83. The predicted molar refractivity (Wildman–Crippen MR) is 85.6 cm³/mol. The van der Waals surface area contributed by atoms with Gasteiger partial charge in [0.15, 0.2) is 5.82 Å². The summed E-state index contributed by atoms with van der Waals surface area (Å²) in [5.74, 6) is -1.25. The third kappa shape index (κ3) is 4.14. The van der Waals surface area contributed by atoms with Gasteiger partial charge in [-0.25, -0.2) is 13.5 Å². The van der Waals surface area contributed by atoms with Gasteiger partial charge in [0, 0.05) is 23.9 Å². The number of rotatable bonds is 7. The lowest BCUT2D eigenvalue weighted by Gasteiger charge is -2.09. The van der Waals surface area contributed by atoms with E-state index in [1.807, 2.05) is 20.8 Å². The zero-order valence-electron chi connectivity index (χ0n) is 13.7. The lowest BCUT2D eigenvalue weighted by molar-refractivity contribution is 0.159. The fourth-order valence-corrected chi connectivity index (χ4v) is 2.50. The number of benzene rings is 1. The van der Waals surface area contributed by atoms with Crippen LogP contribution >= 0.6 is 0 Å². The molecular weight excluding hydrogens is 300 g/mol. The summed E-state index contributed by atoms with van der Waals surface area (Å²) in [6.45, 7) is 6.96. The lowest BCUT2D eigenvalue weighted by Crippen LogP contribution is -2.20. The van der Waals surface area contributed by atoms with Gasteiger partial charge in [-0.3, -0.25) is 0 Å². The van der Waals surface area contributed by atoms with Crippen LogP contribution in [0.15, 0.2) is 18.2 Å². The van der Waals surface area contributed by atoms with E-state index in [2.05, 4.69) is 10.4 Å². The quantitative estimate of drug-likeness (QED) is 0.770. The molecule has 0 radical (unpaired) electrons. The van der Waals surface area contributed by atoms with Gasteiger partial charge in [0.25, 0.3) is 0 Å².